The van der Waals surface area contributed by atoms with Gasteiger partial charge >= 0.3 is 16.4 Å². The summed E-state index contributed by atoms with van der Waals surface area (Å²) in [6.07, 6.45) is 41.1. The number of hydrogen-bond acceptors (Lipinski definition) is 11. The lowest BCUT2D eigenvalue weighted by Gasteiger charge is -2.41. The van der Waals surface area contributed by atoms with Crippen molar-refractivity contribution in [1.29, 1.82) is 0 Å². The van der Waals surface area contributed by atoms with Crippen molar-refractivity contribution in [3.8, 4) is 0 Å². The van der Waals surface area contributed by atoms with Crippen LogP contribution in [0.4, 0.5) is 0 Å². The number of ether oxygens (including phenoxy) is 4. The van der Waals surface area contributed by atoms with Crippen molar-refractivity contribution in [2.45, 2.75) is 288 Å². The molecule has 0 bridgehead atoms. The third kappa shape index (κ3) is 37.4. The van der Waals surface area contributed by atoms with Gasteiger partial charge in [-0.15, -0.1) is 0 Å². The predicted molar refractivity (Wildman–Crippen MR) is 262 cm³/mol. The third-order valence-corrected chi connectivity index (χ3v) is 13.1. The molecule has 6 atom stereocenters. The monoisotopic (exact) mass is 949 g/mol. The van der Waals surface area contributed by atoms with E-state index in [1.54, 1.807) is 0 Å². The van der Waals surface area contributed by atoms with Crippen LogP contribution in [0.15, 0.2) is 12.2 Å². The van der Waals surface area contributed by atoms with Gasteiger partial charge < -0.3 is 34.3 Å². The maximum absolute atomic E-state index is 12.9. The number of carbonyl (C=O) groups excluding carboxylic acids is 1. The fraction of sp³-hybridized carbons (Fsp3) is 0.942. The molecule has 0 saturated carbocycles. The zero-order valence-corrected chi connectivity index (χ0v) is 42.4. The molecule has 1 aliphatic rings. The van der Waals surface area contributed by atoms with Crippen LogP contribution < -0.4 is 0 Å². The van der Waals surface area contributed by atoms with Crippen LogP contribution in [0.3, 0.4) is 0 Å². The lowest BCUT2D eigenvalue weighted by Crippen LogP contribution is -2.60. The standard InChI is InChI=1S/C52H100O12S/c1-3-5-7-9-11-13-15-17-19-20-21-22-23-24-25-26-27-28-30-32-34-36-38-40-42-60-44-46(45-61-52-50(56)51(64-65(57,58)59)49(55)47(43-53)63-52)62-48(54)41-39-37-35-33-31-29-18-16-14-12-10-8-6-4-2/h16,18,46-47,49-53,55-56H,3-15,17,19-45H2,1-2H3,(H,57,58,59)/b18-16-. The molecule has 386 valence electrons. The average molecular weight is 949 g/mol. The summed E-state index contributed by atoms with van der Waals surface area (Å²) in [7, 11) is -5.06. The van der Waals surface area contributed by atoms with E-state index >= 15 is 0 Å². The summed E-state index contributed by atoms with van der Waals surface area (Å²) < 4.78 is 59.3. The van der Waals surface area contributed by atoms with E-state index < -0.39 is 59.8 Å². The summed E-state index contributed by atoms with van der Waals surface area (Å²) in [5.41, 5.74) is 0. The maximum atomic E-state index is 12.9. The van der Waals surface area contributed by atoms with Crippen molar-refractivity contribution >= 4 is 16.4 Å². The Morgan fingerprint density at radius 1 is 0.569 bits per heavy atom. The van der Waals surface area contributed by atoms with E-state index in [-0.39, 0.29) is 19.6 Å². The Balaban J connectivity index is 2.28. The molecule has 13 heteroatoms. The van der Waals surface area contributed by atoms with Gasteiger partial charge in [0.05, 0.1) is 19.8 Å². The van der Waals surface area contributed by atoms with Gasteiger partial charge in [-0.2, -0.15) is 8.42 Å². The van der Waals surface area contributed by atoms with Gasteiger partial charge in [0.15, 0.2) is 6.29 Å². The van der Waals surface area contributed by atoms with Crippen molar-refractivity contribution in [3.05, 3.63) is 12.2 Å². The quantitative estimate of drug-likeness (QED) is 0.0197. The Kier molecular flexibility index (Phi) is 41.9. The molecule has 0 aromatic heterocycles. The van der Waals surface area contributed by atoms with Crippen LogP contribution in [-0.4, -0.2) is 97.5 Å². The van der Waals surface area contributed by atoms with Gasteiger partial charge in [-0.25, -0.2) is 4.18 Å². The maximum Gasteiger partial charge on any atom is 0.397 e. The summed E-state index contributed by atoms with van der Waals surface area (Å²) in [5, 5.41) is 30.7. The normalized spacial score (nSPS) is 19.6. The van der Waals surface area contributed by atoms with Gasteiger partial charge in [0.25, 0.3) is 0 Å². The highest BCUT2D eigenvalue weighted by molar-refractivity contribution is 7.80. The Bertz CT molecular complexity index is 1190. The minimum atomic E-state index is -5.06. The van der Waals surface area contributed by atoms with Gasteiger partial charge in [-0.1, -0.05) is 219 Å². The molecule has 12 nitrogen and oxygen atoms in total. The highest BCUT2D eigenvalue weighted by atomic mass is 32.3. The van der Waals surface area contributed by atoms with Gasteiger partial charge in [0, 0.05) is 13.0 Å². The predicted octanol–water partition coefficient (Wildman–Crippen LogP) is 12.6. The lowest BCUT2D eigenvalue weighted by atomic mass is 9.99. The van der Waals surface area contributed by atoms with Gasteiger partial charge in [-0.05, 0) is 38.5 Å². The number of hydrogen-bond donors (Lipinski definition) is 4. The Morgan fingerprint density at radius 2 is 0.969 bits per heavy atom. The molecule has 1 aliphatic heterocycles. The fourth-order valence-corrected chi connectivity index (χ4v) is 9.06. The van der Waals surface area contributed by atoms with Crippen LogP contribution in [0.5, 0.6) is 0 Å². The summed E-state index contributed by atoms with van der Waals surface area (Å²) in [5.74, 6) is -0.403. The number of unbranched alkanes of at least 4 members (excludes halogenated alkanes) is 33. The van der Waals surface area contributed by atoms with Crippen molar-refractivity contribution in [2.75, 3.05) is 26.4 Å². The van der Waals surface area contributed by atoms with E-state index in [4.69, 9.17) is 18.9 Å². The molecule has 4 N–H and O–H groups in total. The zero-order valence-electron chi connectivity index (χ0n) is 41.6. The van der Waals surface area contributed by atoms with E-state index in [2.05, 4.69) is 30.2 Å². The third-order valence-electron chi connectivity index (χ3n) is 12.6. The largest absolute Gasteiger partial charge is 0.457 e. The van der Waals surface area contributed by atoms with Crippen LogP contribution in [0, 0.1) is 0 Å². The first-order valence-electron chi connectivity index (χ1n) is 26.9. The Hall–Kier alpha value is -1.16. The molecule has 6 unspecified atom stereocenters. The number of aliphatic hydroxyl groups is 3. The second-order valence-corrected chi connectivity index (χ2v) is 19.9. The van der Waals surface area contributed by atoms with Crippen LogP contribution in [0.1, 0.15) is 251 Å². The minimum absolute atomic E-state index is 0.0389. The van der Waals surface area contributed by atoms with Gasteiger partial charge in [-0.3, -0.25) is 9.35 Å². The van der Waals surface area contributed by atoms with Crippen molar-refractivity contribution < 1.29 is 56.2 Å². The van der Waals surface area contributed by atoms with Crippen molar-refractivity contribution in [3.63, 3.8) is 0 Å². The molecule has 1 saturated heterocycles. The van der Waals surface area contributed by atoms with Crippen molar-refractivity contribution in [1.82, 2.24) is 0 Å². The first-order valence-corrected chi connectivity index (χ1v) is 28.3. The molecule has 0 aliphatic carbocycles. The Labute approximate surface area is 398 Å². The number of allylic oxidation sites excluding steroid dienone is 2. The topological polar surface area (TPSA) is 178 Å². The summed E-state index contributed by atoms with van der Waals surface area (Å²) >= 11 is 0. The van der Waals surface area contributed by atoms with E-state index in [1.807, 2.05) is 0 Å². The Morgan fingerprint density at radius 3 is 1.38 bits per heavy atom. The molecule has 0 spiro atoms. The van der Waals surface area contributed by atoms with Crippen LogP contribution in [-0.2, 0) is 38.3 Å². The van der Waals surface area contributed by atoms with Crippen LogP contribution in [0.2, 0.25) is 0 Å². The molecule has 65 heavy (non-hydrogen) atoms. The molecular formula is C52H100O12S. The fourth-order valence-electron chi connectivity index (χ4n) is 8.55. The van der Waals surface area contributed by atoms with Gasteiger partial charge in [0.2, 0.25) is 0 Å². The molecule has 0 aromatic rings. The van der Waals surface area contributed by atoms with E-state index in [0.29, 0.717) is 13.0 Å². The first kappa shape index (κ1) is 61.9. The van der Waals surface area contributed by atoms with E-state index in [0.717, 1.165) is 57.8 Å². The highest BCUT2D eigenvalue weighted by Crippen LogP contribution is 2.26. The molecule has 1 heterocycles. The van der Waals surface area contributed by atoms with Crippen LogP contribution >= 0.6 is 0 Å². The second kappa shape index (κ2) is 44.1. The first-order chi connectivity index (χ1) is 31.6. The molecule has 1 rings (SSSR count). The average Bonchev–Trinajstić information content (AvgIpc) is 3.28. The SMILES string of the molecule is CCCCCCC/C=C\CCCCCCCC(=O)OC(COCCCCCCCCCCCCCCCCCCCCCCCCCC)COC1OC(CO)C(O)C(OS(=O)(=O)O)C1O. The molecule has 0 aromatic carbocycles. The van der Waals surface area contributed by atoms with E-state index in [9.17, 15) is 33.1 Å². The smallest absolute Gasteiger partial charge is 0.397 e. The number of rotatable bonds is 48. The molecule has 1 fully saturated rings. The summed E-state index contributed by atoms with van der Waals surface area (Å²) in [4.78, 5) is 12.9. The lowest BCUT2D eigenvalue weighted by molar-refractivity contribution is -0.301. The molecule has 0 radical (unpaired) electrons. The minimum Gasteiger partial charge on any atom is -0.457 e. The van der Waals surface area contributed by atoms with Crippen molar-refractivity contribution in [2.24, 2.45) is 0 Å². The summed E-state index contributed by atoms with van der Waals surface area (Å²) in [6, 6.07) is 0. The zero-order chi connectivity index (χ0) is 47.5. The van der Waals surface area contributed by atoms with Crippen LogP contribution in [0.25, 0.3) is 0 Å². The van der Waals surface area contributed by atoms with E-state index in [1.165, 1.54) is 167 Å². The number of esters is 1. The highest BCUT2D eigenvalue weighted by Gasteiger charge is 2.48. The summed E-state index contributed by atoms with van der Waals surface area (Å²) in [6.45, 7) is 4.02. The number of aliphatic hydroxyl groups excluding tert-OH is 3. The second-order valence-electron chi connectivity index (χ2n) is 18.8. The molecule has 0 amide bonds. The number of carbonyl (C=O) groups is 1. The van der Waals surface area contributed by atoms with Gasteiger partial charge in [0.1, 0.15) is 30.5 Å². The molecular weight excluding hydrogens is 849 g/mol.